The van der Waals surface area contributed by atoms with Crippen molar-refractivity contribution < 1.29 is 24.3 Å². The number of carbonyl (C=O) groups excluding carboxylic acids is 3. The highest BCUT2D eigenvalue weighted by Gasteiger charge is 2.38. The molecule has 0 saturated carbocycles. The summed E-state index contributed by atoms with van der Waals surface area (Å²) in [6, 6.07) is 11.1. The molecule has 2 aromatic rings. The molecule has 1 atom stereocenters. The van der Waals surface area contributed by atoms with Crippen molar-refractivity contribution in [1.82, 2.24) is 5.32 Å². The molecule has 0 bridgehead atoms. The molecule has 0 fully saturated rings. The quantitative estimate of drug-likeness (QED) is 0.681. The summed E-state index contributed by atoms with van der Waals surface area (Å²) in [5.74, 6) is -1.69. The Kier molecular flexibility index (Phi) is 6.20. The highest BCUT2D eigenvalue weighted by molar-refractivity contribution is 6.09. The van der Waals surface area contributed by atoms with Crippen LogP contribution >= 0.6 is 0 Å². The molecule has 3 rings (SSSR count). The second-order valence-corrected chi connectivity index (χ2v) is 8.59. The van der Waals surface area contributed by atoms with E-state index in [-0.39, 0.29) is 29.6 Å². The van der Waals surface area contributed by atoms with Gasteiger partial charge in [0.25, 0.3) is 5.91 Å². The van der Waals surface area contributed by atoms with Crippen LogP contribution < -0.4 is 20.4 Å². The van der Waals surface area contributed by atoms with Gasteiger partial charge in [0, 0.05) is 18.2 Å². The number of fused-ring (bicyclic) bond motifs is 1. The fourth-order valence-electron chi connectivity index (χ4n) is 3.45. The van der Waals surface area contributed by atoms with Gasteiger partial charge >= 0.3 is 12.0 Å². The van der Waals surface area contributed by atoms with E-state index in [9.17, 15) is 19.2 Å². The van der Waals surface area contributed by atoms with Crippen LogP contribution in [0.3, 0.4) is 0 Å². The Morgan fingerprint density at radius 2 is 1.69 bits per heavy atom. The molecular weight excluding hydrogens is 412 g/mol. The van der Waals surface area contributed by atoms with Gasteiger partial charge in [0.05, 0.1) is 23.5 Å². The lowest BCUT2D eigenvalue weighted by atomic mass is 9.94. The van der Waals surface area contributed by atoms with Crippen molar-refractivity contribution in [1.29, 1.82) is 0 Å². The molecule has 9 heteroatoms. The van der Waals surface area contributed by atoms with Crippen LogP contribution in [-0.4, -0.2) is 48.6 Å². The highest BCUT2D eigenvalue weighted by Crippen LogP contribution is 2.34. The van der Waals surface area contributed by atoms with Crippen LogP contribution in [0, 0.1) is 5.41 Å². The van der Waals surface area contributed by atoms with Crippen molar-refractivity contribution in [3.63, 3.8) is 0 Å². The fraction of sp³-hybridized carbons (Fsp3) is 0.304. The molecular formula is C23H26N4O5. The standard InChI is InChI=1S/C23H26N4O5/c1-23(2,3)21(31)27-13-16(19(28)26(4)17-10-5-6-11-18(17)27)25-22(32)24-15-9-7-8-14(12-15)20(29)30/h5-12,16H,13H2,1-4H3,(H,29,30)(H2,24,25,32). The number of carboxylic acids is 1. The Balaban J connectivity index is 1.87. The topological polar surface area (TPSA) is 119 Å². The van der Waals surface area contributed by atoms with Crippen LogP contribution in [0.15, 0.2) is 48.5 Å². The highest BCUT2D eigenvalue weighted by atomic mass is 16.4. The first-order valence-electron chi connectivity index (χ1n) is 10.1. The lowest BCUT2D eigenvalue weighted by Gasteiger charge is -2.30. The first-order chi connectivity index (χ1) is 15.0. The van der Waals surface area contributed by atoms with E-state index >= 15 is 0 Å². The minimum Gasteiger partial charge on any atom is -0.478 e. The Morgan fingerprint density at radius 1 is 1.03 bits per heavy atom. The molecule has 0 radical (unpaired) electrons. The molecule has 0 saturated heterocycles. The number of para-hydroxylation sites is 2. The summed E-state index contributed by atoms with van der Waals surface area (Å²) in [6.45, 7) is 5.33. The first-order valence-corrected chi connectivity index (χ1v) is 10.1. The van der Waals surface area contributed by atoms with Gasteiger partial charge in [-0.25, -0.2) is 9.59 Å². The number of hydrogen-bond acceptors (Lipinski definition) is 4. The van der Waals surface area contributed by atoms with Crippen molar-refractivity contribution in [2.24, 2.45) is 5.41 Å². The van der Waals surface area contributed by atoms with Crippen LogP contribution in [0.5, 0.6) is 0 Å². The first kappa shape index (κ1) is 22.8. The SMILES string of the molecule is CN1C(=O)C(NC(=O)Nc2cccc(C(=O)O)c2)CN(C(=O)C(C)(C)C)c2ccccc21. The van der Waals surface area contributed by atoms with E-state index in [0.29, 0.717) is 11.4 Å². The summed E-state index contributed by atoms with van der Waals surface area (Å²) in [4.78, 5) is 53.0. The number of hydrogen-bond donors (Lipinski definition) is 3. The number of anilines is 3. The number of carbonyl (C=O) groups is 4. The van der Waals surface area contributed by atoms with Gasteiger partial charge in [-0.05, 0) is 30.3 Å². The lowest BCUT2D eigenvalue weighted by molar-refractivity contribution is -0.126. The number of amides is 4. The smallest absolute Gasteiger partial charge is 0.335 e. The molecule has 32 heavy (non-hydrogen) atoms. The Morgan fingerprint density at radius 3 is 2.31 bits per heavy atom. The molecule has 0 aliphatic carbocycles. The average molecular weight is 438 g/mol. The second kappa shape index (κ2) is 8.70. The maximum absolute atomic E-state index is 13.2. The molecule has 0 aromatic heterocycles. The maximum Gasteiger partial charge on any atom is 0.335 e. The average Bonchev–Trinajstić information content (AvgIpc) is 2.83. The van der Waals surface area contributed by atoms with Gasteiger partial charge in [0.2, 0.25) is 5.91 Å². The number of urea groups is 1. The van der Waals surface area contributed by atoms with Crippen LogP contribution in [0.1, 0.15) is 31.1 Å². The zero-order chi connectivity index (χ0) is 23.6. The third-order valence-corrected chi connectivity index (χ3v) is 5.09. The molecule has 1 aliphatic heterocycles. The zero-order valence-electron chi connectivity index (χ0n) is 18.4. The van der Waals surface area contributed by atoms with Crippen molar-refractivity contribution in [2.75, 3.05) is 28.7 Å². The third kappa shape index (κ3) is 4.72. The normalized spacial score (nSPS) is 16.1. The number of rotatable bonds is 3. The molecule has 1 aliphatic rings. The molecule has 3 N–H and O–H groups in total. The zero-order valence-corrected chi connectivity index (χ0v) is 18.4. The van der Waals surface area contributed by atoms with E-state index in [1.54, 1.807) is 58.2 Å². The molecule has 9 nitrogen and oxygen atoms in total. The second-order valence-electron chi connectivity index (χ2n) is 8.59. The Labute approximate surface area is 186 Å². The minimum absolute atomic E-state index is 0.0190. The van der Waals surface area contributed by atoms with E-state index < -0.39 is 23.5 Å². The summed E-state index contributed by atoms with van der Waals surface area (Å²) in [6.07, 6.45) is 0. The largest absolute Gasteiger partial charge is 0.478 e. The summed E-state index contributed by atoms with van der Waals surface area (Å²) >= 11 is 0. The van der Waals surface area contributed by atoms with Crippen molar-refractivity contribution in [3.05, 3.63) is 54.1 Å². The molecule has 1 unspecified atom stereocenters. The predicted molar refractivity (Wildman–Crippen MR) is 121 cm³/mol. The lowest BCUT2D eigenvalue weighted by Crippen LogP contribution is -2.54. The summed E-state index contributed by atoms with van der Waals surface area (Å²) in [7, 11) is 1.59. The minimum atomic E-state index is -1.12. The van der Waals surface area contributed by atoms with Gasteiger partial charge in [-0.15, -0.1) is 0 Å². The van der Waals surface area contributed by atoms with Crippen molar-refractivity contribution in [3.8, 4) is 0 Å². The molecule has 2 aromatic carbocycles. The summed E-state index contributed by atoms with van der Waals surface area (Å²) in [5.41, 5.74) is 0.729. The molecule has 4 amide bonds. The van der Waals surface area contributed by atoms with Crippen molar-refractivity contribution >= 4 is 40.9 Å². The van der Waals surface area contributed by atoms with E-state index in [1.807, 2.05) is 0 Å². The number of carboxylic acid groups (broad SMARTS) is 1. The van der Waals surface area contributed by atoms with E-state index in [1.165, 1.54) is 28.0 Å². The Hall–Kier alpha value is -3.88. The number of aromatic carboxylic acids is 1. The number of nitrogens with one attached hydrogen (secondary N) is 2. The molecule has 1 heterocycles. The van der Waals surface area contributed by atoms with Gasteiger partial charge in [0.1, 0.15) is 6.04 Å². The maximum atomic E-state index is 13.2. The number of benzene rings is 2. The van der Waals surface area contributed by atoms with Gasteiger partial charge in [-0.1, -0.05) is 39.0 Å². The number of nitrogens with zero attached hydrogens (tertiary/aromatic N) is 2. The van der Waals surface area contributed by atoms with Crippen LogP contribution in [-0.2, 0) is 9.59 Å². The van der Waals surface area contributed by atoms with Gasteiger partial charge in [-0.3, -0.25) is 9.59 Å². The Bertz CT molecular complexity index is 1080. The van der Waals surface area contributed by atoms with Crippen LogP contribution in [0.2, 0.25) is 0 Å². The third-order valence-electron chi connectivity index (χ3n) is 5.09. The van der Waals surface area contributed by atoms with E-state index in [2.05, 4.69) is 10.6 Å². The molecule has 0 spiro atoms. The number of likely N-dealkylation sites (N-methyl/N-ethyl adjacent to an activating group) is 1. The predicted octanol–water partition coefficient (Wildman–Crippen LogP) is 2.93. The van der Waals surface area contributed by atoms with Crippen LogP contribution in [0.4, 0.5) is 21.9 Å². The molecule has 168 valence electrons. The summed E-state index contributed by atoms with van der Waals surface area (Å²) in [5, 5.41) is 14.3. The fourth-order valence-corrected chi connectivity index (χ4v) is 3.45. The summed E-state index contributed by atoms with van der Waals surface area (Å²) < 4.78 is 0. The van der Waals surface area contributed by atoms with E-state index in [0.717, 1.165) is 0 Å². The van der Waals surface area contributed by atoms with Gasteiger partial charge in [0.15, 0.2) is 0 Å². The van der Waals surface area contributed by atoms with Gasteiger partial charge in [-0.2, -0.15) is 0 Å². The van der Waals surface area contributed by atoms with Crippen molar-refractivity contribution in [2.45, 2.75) is 26.8 Å². The van der Waals surface area contributed by atoms with Gasteiger partial charge < -0.3 is 25.5 Å². The monoisotopic (exact) mass is 438 g/mol. The van der Waals surface area contributed by atoms with E-state index in [4.69, 9.17) is 5.11 Å². The van der Waals surface area contributed by atoms with Crippen LogP contribution in [0.25, 0.3) is 0 Å².